The summed E-state index contributed by atoms with van der Waals surface area (Å²) in [5, 5.41) is 23.1. The highest BCUT2D eigenvalue weighted by atomic mass is 35.5. The first-order valence-corrected chi connectivity index (χ1v) is 19.3. The molecule has 3 N–H and O–H groups in total. The van der Waals surface area contributed by atoms with Crippen LogP contribution in [-0.4, -0.2) is 90.9 Å². The number of pyridine rings is 2. The van der Waals surface area contributed by atoms with Gasteiger partial charge < -0.3 is 29.9 Å². The molecule has 1 aliphatic heterocycles. The van der Waals surface area contributed by atoms with Gasteiger partial charge in [-0.1, -0.05) is 59.6 Å². The number of aliphatic hydroxyl groups excluding tert-OH is 1. The molecule has 58 heavy (non-hydrogen) atoms. The Hall–Kier alpha value is -5.70. The summed E-state index contributed by atoms with van der Waals surface area (Å²) in [6, 6.07) is 17.8. The van der Waals surface area contributed by atoms with E-state index in [1.165, 1.54) is 21.3 Å². The maximum absolute atomic E-state index is 13.5. The maximum Gasteiger partial charge on any atom is 0.410 e. The van der Waals surface area contributed by atoms with Gasteiger partial charge in [0.2, 0.25) is 11.8 Å². The van der Waals surface area contributed by atoms with Crippen LogP contribution in [0.3, 0.4) is 0 Å². The average molecular weight is 832 g/mol. The second kappa shape index (κ2) is 17.4. The van der Waals surface area contributed by atoms with E-state index in [4.69, 9.17) is 42.6 Å². The molecule has 1 fully saturated rings. The molecule has 16 heteroatoms. The van der Waals surface area contributed by atoms with Gasteiger partial charge in [0.15, 0.2) is 0 Å². The van der Waals surface area contributed by atoms with Gasteiger partial charge in [-0.3, -0.25) is 18.9 Å². The quantitative estimate of drug-likeness (QED) is 0.117. The first-order valence-electron chi connectivity index (χ1n) is 18.6. The lowest BCUT2D eigenvalue weighted by Gasteiger charge is -2.27. The third kappa shape index (κ3) is 9.20. The molecule has 6 rings (SSSR count). The van der Waals surface area contributed by atoms with Crippen molar-refractivity contribution in [3.05, 3.63) is 104 Å². The molecule has 1 aliphatic rings. The van der Waals surface area contributed by atoms with Crippen molar-refractivity contribution in [1.29, 1.82) is 0 Å². The van der Waals surface area contributed by atoms with Gasteiger partial charge in [0.05, 0.1) is 48.2 Å². The van der Waals surface area contributed by atoms with Crippen LogP contribution in [0.1, 0.15) is 50.4 Å². The van der Waals surface area contributed by atoms with Crippen molar-refractivity contribution < 1.29 is 34.1 Å². The first kappa shape index (κ1) is 41.9. The molecule has 0 radical (unpaired) electrons. The van der Waals surface area contributed by atoms with Crippen LogP contribution < -0.4 is 15.6 Å². The Kier molecular flexibility index (Phi) is 12.6. The second-order valence-corrected chi connectivity index (χ2v) is 15.7. The fourth-order valence-corrected chi connectivity index (χ4v) is 7.43. The monoisotopic (exact) mass is 830 g/mol. The van der Waals surface area contributed by atoms with Crippen LogP contribution in [0.25, 0.3) is 39.2 Å². The third-order valence-corrected chi connectivity index (χ3v) is 10.5. The standard InChI is InChI=1S/C42H44Cl2N6O8/c1-24-33(23-48(18-19-51)41(56)58-42(2,3)4)46-34-20-25(16-17-50(34)39(24)53)28-8-6-9-29(36(28)43)30-10-7-11-31(37(30)44)32-14-12-26(38(47-32)57-5)21-49(40(54)55)22-27-13-15-35(52)45-27/h6-12,14,16-17,20,27,51H,13,15,18-19,21-23H2,1-5H3,(H,45,52)(H,54,55). The van der Waals surface area contributed by atoms with Gasteiger partial charge in [0, 0.05) is 65.1 Å². The summed E-state index contributed by atoms with van der Waals surface area (Å²) in [6.07, 6.45) is 0.785. The Morgan fingerprint density at radius 1 is 0.948 bits per heavy atom. The molecule has 1 saturated heterocycles. The Labute approximate surface area is 345 Å². The number of halogens is 2. The Balaban J connectivity index is 1.31. The van der Waals surface area contributed by atoms with E-state index in [0.29, 0.717) is 78.9 Å². The van der Waals surface area contributed by atoms with Crippen LogP contribution in [0.4, 0.5) is 9.59 Å². The van der Waals surface area contributed by atoms with Crippen LogP contribution in [0.2, 0.25) is 10.0 Å². The molecule has 0 aliphatic carbocycles. The van der Waals surface area contributed by atoms with Gasteiger partial charge in [-0.15, -0.1) is 0 Å². The van der Waals surface area contributed by atoms with Crippen LogP contribution >= 0.6 is 23.2 Å². The zero-order chi connectivity index (χ0) is 41.9. The summed E-state index contributed by atoms with van der Waals surface area (Å²) in [5.74, 6) is 0.134. The van der Waals surface area contributed by atoms with Gasteiger partial charge >= 0.3 is 12.2 Å². The van der Waals surface area contributed by atoms with Gasteiger partial charge in [-0.2, -0.15) is 0 Å². The number of carboxylic acid groups (broad SMARTS) is 1. The summed E-state index contributed by atoms with van der Waals surface area (Å²) >= 11 is 14.3. The number of fused-ring (bicyclic) bond motifs is 1. The van der Waals surface area contributed by atoms with Crippen LogP contribution in [0.5, 0.6) is 5.88 Å². The molecule has 3 amide bonds. The van der Waals surface area contributed by atoms with E-state index in [1.54, 1.807) is 58.2 Å². The second-order valence-electron chi connectivity index (χ2n) is 14.9. The minimum Gasteiger partial charge on any atom is -0.481 e. The highest BCUT2D eigenvalue weighted by Crippen LogP contribution is 2.42. The summed E-state index contributed by atoms with van der Waals surface area (Å²) < 4.78 is 12.5. The van der Waals surface area contributed by atoms with Gasteiger partial charge in [-0.05, 0) is 63.9 Å². The largest absolute Gasteiger partial charge is 0.481 e. The molecule has 3 aromatic heterocycles. The van der Waals surface area contributed by atoms with Crippen LogP contribution in [0.15, 0.2) is 71.7 Å². The van der Waals surface area contributed by atoms with Crippen molar-refractivity contribution >= 4 is 46.9 Å². The lowest BCUT2D eigenvalue weighted by molar-refractivity contribution is -0.119. The number of aliphatic hydroxyl groups is 1. The van der Waals surface area contributed by atoms with Crippen molar-refractivity contribution in [2.24, 2.45) is 0 Å². The minimum atomic E-state index is -1.13. The molecular formula is C42H44Cl2N6O8. The molecule has 0 bridgehead atoms. The molecule has 4 heterocycles. The summed E-state index contributed by atoms with van der Waals surface area (Å²) in [7, 11) is 1.46. The lowest BCUT2D eigenvalue weighted by Crippen LogP contribution is -2.41. The van der Waals surface area contributed by atoms with Gasteiger partial charge in [0.25, 0.3) is 5.56 Å². The number of hydrogen-bond donors (Lipinski definition) is 3. The lowest BCUT2D eigenvalue weighted by atomic mass is 9.97. The molecule has 5 aromatic rings. The normalized spacial score (nSPS) is 14.0. The van der Waals surface area contributed by atoms with Crippen molar-refractivity contribution in [3.8, 4) is 39.4 Å². The van der Waals surface area contributed by atoms with E-state index in [2.05, 4.69) is 5.32 Å². The van der Waals surface area contributed by atoms with E-state index >= 15 is 0 Å². The topological polar surface area (TPSA) is 176 Å². The number of aromatic nitrogens is 3. The number of nitrogens with zero attached hydrogens (tertiary/aromatic N) is 5. The molecule has 0 spiro atoms. The number of rotatable bonds is 12. The highest BCUT2D eigenvalue weighted by Gasteiger charge is 2.27. The van der Waals surface area contributed by atoms with E-state index in [1.807, 2.05) is 36.4 Å². The maximum atomic E-state index is 13.5. The molecule has 1 atom stereocenters. The number of amides is 3. The Bertz CT molecular complexity index is 2450. The Morgan fingerprint density at radius 3 is 2.24 bits per heavy atom. The van der Waals surface area contributed by atoms with Crippen molar-refractivity contribution in [2.75, 3.05) is 26.8 Å². The number of methoxy groups -OCH3 is 1. The third-order valence-electron chi connectivity index (χ3n) is 9.68. The molecule has 1 unspecified atom stereocenters. The van der Waals surface area contributed by atoms with Gasteiger partial charge in [-0.25, -0.2) is 19.6 Å². The van der Waals surface area contributed by atoms with Gasteiger partial charge in [0.1, 0.15) is 11.2 Å². The number of benzene rings is 2. The first-order chi connectivity index (χ1) is 27.6. The Morgan fingerprint density at radius 2 is 1.62 bits per heavy atom. The summed E-state index contributed by atoms with van der Waals surface area (Å²) in [5.41, 5.74) is 4.20. The van der Waals surface area contributed by atoms with E-state index in [0.717, 1.165) is 0 Å². The molecule has 304 valence electrons. The SMILES string of the molecule is COc1nc(-c2cccc(-c3cccc(-c4ccn5c(=O)c(C)c(CN(CCO)C(=O)OC(C)(C)C)nc5c4)c3Cl)c2Cl)ccc1CN(CC1CCC(=O)N1)C(=O)O. The average Bonchev–Trinajstić information content (AvgIpc) is 3.60. The predicted octanol–water partition coefficient (Wildman–Crippen LogP) is 7.20. The fourth-order valence-electron chi connectivity index (χ4n) is 6.77. The van der Waals surface area contributed by atoms with Crippen molar-refractivity contribution in [2.45, 2.75) is 65.3 Å². The number of nitrogens with one attached hydrogen (secondary N) is 1. The summed E-state index contributed by atoms with van der Waals surface area (Å²) in [4.78, 5) is 62.2. The smallest absolute Gasteiger partial charge is 0.410 e. The number of ether oxygens (including phenoxy) is 2. The van der Waals surface area contributed by atoms with Crippen molar-refractivity contribution in [1.82, 2.24) is 29.5 Å². The number of carbonyl (C=O) groups is 3. The number of hydrogen-bond acceptors (Lipinski definition) is 9. The minimum absolute atomic E-state index is 0.00240. The fraction of sp³-hybridized carbons (Fsp3) is 0.333. The van der Waals surface area contributed by atoms with Crippen molar-refractivity contribution in [3.63, 3.8) is 0 Å². The van der Waals surface area contributed by atoms with Crippen LogP contribution in [-0.2, 0) is 22.6 Å². The van der Waals surface area contributed by atoms with E-state index in [-0.39, 0.29) is 56.2 Å². The molecule has 0 saturated carbocycles. The molecule has 14 nitrogen and oxygen atoms in total. The van der Waals surface area contributed by atoms with E-state index < -0.39 is 17.8 Å². The number of carbonyl (C=O) groups excluding carboxylic acids is 2. The summed E-state index contributed by atoms with van der Waals surface area (Å²) in [6.45, 7) is 6.66. The zero-order valence-corrected chi connectivity index (χ0v) is 34.2. The van der Waals surface area contributed by atoms with Crippen LogP contribution in [0, 0.1) is 6.92 Å². The molecular weight excluding hydrogens is 787 g/mol. The predicted molar refractivity (Wildman–Crippen MR) is 220 cm³/mol. The highest BCUT2D eigenvalue weighted by molar-refractivity contribution is 6.39. The zero-order valence-electron chi connectivity index (χ0n) is 32.7. The molecule has 2 aromatic carbocycles. The van der Waals surface area contributed by atoms with E-state index in [9.17, 15) is 29.4 Å².